The first-order valence-electron chi connectivity index (χ1n) is 5.83. The quantitative estimate of drug-likeness (QED) is 0.581. The molecule has 0 aromatic carbocycles. The van der Waals surface area contributed by atoms with Gasteiger partial charge in [0.25, 0.3) is 0 Å². The first kappa shape index (κ1) is 14.9. The van der Waals surface area contributed by atoms with Gasteiger partial charge in [0, 0.05) is 19.2 Å². The number of amides is 2. The SMILES string of the molecule is Cc1cccnc1CNC(=O)N[C@H](CCO)C(=O)O. The number of aliphatic hydroxyl groups is 1. The normalized spacial score (nSPS) is 11.7. The van der Waals surface area contributed by atoms with E-state index in [0.29, 0.717) is 5.69 Å². The number of rotatable bonds is 6. The molecule has 1 aromatic rings. The van der Waals surface area contributed by atoms with Gasteiger partial charge in [0.05, 0.1) is 12.2 Å². The standard InChI is InChI=1S/C12H17N3O4/c1-8-3-2-5-13-10(8)7-14-12(19)15-9(4-6-16)11(17)18/h2-3,5,9,16H,4,6-7H2,1H3,(H,17,18)(H2,14,15,19)/t9-/m1/s1. The summed E-state index contributed by atoms with van der Waals surface area (Å²) in [6, 6.07) is 1.95. The number of carbonyl (C=O) groups excluding carboxylic acids is 1. The van der Waals surface area contributed by atoms with Crippen molar-refractivity contribution in [3.63, 3.8) is 0 Å². The molecule has 4 N–H and O–H groups in total. The summed E-state index contributed by atoms with van der Waals surface area (Å²) in [6.45, 7) is 1.77. The van der Waals surface area contributed by atoms with E-state index in [4.69, 9.17) is 10.2 Å². The monoisotopic (exact) mass is 267 g/mol. The van der Waals surface area contributed by atoms with Crippen molar-refractivity contribution in [2.24, 2.45) is 0 Å². The molecule has 1 heterocycles. The number of hydrogen-bond donors (Lipinski definition) is 4. The molecule has 0 spiro atoms. The van der Waals surface area contributed by atoms with E-state index < -0.39 is 18.0 Å². The Morgan fingerprint density at radius 2 is 2.21 bits per heavy atom. The van der Waals surface area contributed by atoms with E-state index in [0.717, 1.165) is 5.56 Å². The fourth-order valence-electron chi connectivity index (χ4n) is 1.46. The van der Waals surface area contributed by atoms with Gasteiger partial charge in [-0.05, 0) is 18.6 Å². The molecule has 1 atom stereocenters. The van der Waals surface area contributed by atoms with Gasteiger partial charge >= 0.3 is 12.0 Å². The molecular weight excluding hydrogens is 250 g/mol. The largest absolute Gasteiger partial charge is 0.480 e. The summed E-state index contributed by atoms with van der Waals surface area (Å²) in [4.78, 5) is 26.4. The number of carboxylic acids is 1. The number of aromatic nitrogens is 1. The van der Waals surface area contributed by atoms with Crippen LogP contribution in [0.1, 0.15) is 17.7 Å². The third kappa shape index (κ3) is 4.92. The predicted octanol–water partition coefficient (Wildman–Crippen LogP) is 0.0248. The van der Waals surface area contributed by atoms with Crippen LogP contribution in [0.3, 0.4) is 0 Å². The first-order chi connectivity index (χ1) is 9.04. The van der Waals surface area contributed by atoms with E-state index in [-0.39, 0.29) is 19.6 Å². The minimum Gasteiger partial charge on any atom is -0.480 e. The van der Waals surface area contributed by atoms with Gasteiger partial charge in [-0.25, -0.2) is 9.59 Å². The number of hydrogen-bond acceptors (Lipinski definition) is 4. The maximum Gasteiger partial charge on any atom is 0.326 e. The summed E-state index contributed by atoms with van der Waals surface area (Å²) in [5.41, 5.74) is 1.65. The van der Waals surface area contributed by atoms with Crippen LogP contribution in [0.25, 0.3) is 0 Å². The van der Waals surface area contributed by atoms with Gasteiger partial charge in [-0.2, -0.15) is 0 Å². The fourth-order valence-corrected chi connectivity index (χ4v) is 1.46. The second-order valence-electron chi connectivity index (χ2n) is 4.00. The Kier molecular flexibility index (Phi) is 5.74. The average molecular weight is 267 g/mol. The molecule has 0 unspecified atom stereocenters. The van der Waals surface area contributed by atoms with E-state index in [2.05, 4.69) is 15.6 Å². The third-order valence-electron chi connectivity index (χ3n) is 2.56. The summed E-state index contributed by atoms with van der Waals surface area (Å²) in [7, 11) is 0. The Balaban J connectivity index is 2.47. The molecular formula is C12H17N3O4. The van der Waals surface area contributed by atoms with Crippen molar-refractivity contribution >= 4 is 12.0 Å². The Hall–Kier alpha value is -2.15. The maximum atomic E-state index is 11.5. The van der Waals surface area contributed by atoms with Crippen LogP contribution in [-0.4, -0.2) is 39.8 Å². The van der Waals surface area contributed by atoms with E-state index in [9.17, 15) is 9.59 Å². The van der Waals surface area contributed by atoms with E-state index in [1.165, 1.54) is 0 Å². The van der Waals surface area contributed by atoms with Crippen LogP contribution in [-0.2, 0) is 11.3 Å². The van der Waals surface area contributed by atoms with Gasteiger partial charge in [0.2, 0.25) is 0 Å². The molecule has 0 saturated carbocycles. The van der Waals surface area contributed by atoms with E-state index in [1.807, 2.05) is 13.0 Å². The molecule has 0 radical (unpaired) electrons. The van der Waals surface area contributed by atoms with Gasteiger partial charge in [0.1, 0.15) is 6.04 Å². The number of nitrogens with one attached hydrogen (secondary N) is 2. The van der Waals surface area contributed by atoms with Crippen molar-refractivity contribution in [1.29, 1.82) is 0 Å². The summed E-state index contributed by atoms with van der Waals surface area (Å²) in [5.74, 6) is -1.18. The zero-order chi connectivity index (χ0) is 14.3. The topological polar surface area (TPSA) is 112 Å². The number of aryl methyl sites for hydroxylation is 1. The first-order valence-corrected chi connectivity index (χ1v) is 5.83. The number of aliphatic carboxylic acids is 1. The molecule has 0 fully saturated rings. The molecule has 1 rings (SSSR count). The Morgan fingerprint density at radius 3 is 2.79 bits per heavy atom. The van der Waals surface area contributed by atoms with Gasteiger partial charge in [-0.1, -0.05) is 6.07 Å². The van der Waals surface area contributed by atoms with Crippen LogP contribution in [0.5, 0.6) is 0 Å². The summed E-state index contributed by atoms with van der Waals surface area (Å²) in [5, 5.41) is 22.3. The molecule has 7 nitrogen and oxygen atoms in total. The van der Waals surface area contributed by atoms with E-state index in [1.54, 1.807) is 12.3 Å². The van der Waals surface area contributed by atoms with E-state index >= 15 is 0 Å². The Bertz CT molecular complexity index is 450. The molecule has 0 saturated heterocycles. The summed E-state index contributed by atoms with van der Waals surface area (Å²) in [6.07, 6.45) is 1.58. The number of carboxylic acid groups (broad SMARTS) is 1. The van der Waals surface area contributed by atoms with Crippen LogP contribution < -0.4 is 10.6 Å². The van der Waals surface area contributed by atoms with Crippen LogP contribution in [0, 0.1) is 6.92 Å². The van der Waals surface area contributed by atoms with Crippen molar-refractivity contribution in [2.45, 2.75) is 25.9 Å². The fraction of sp³-hybridized carbons (Fsp3) is 0.417. The Labute approximate surface area is 110 Å². The molecule has 0 bridgehead atoms. The van der Waals surface area contributed by atoms with Gasteiger partial charge in [-0.15, -0.1) is 0 Å². The predicted molar refractivity (Wildman–Crippen MR) is 67.5 cm³/mol. The van der Waals surface area contributed by atoms with Crippen LogP contribution in [0.15, 0.2) is 18.3 Å². The van der Waals surface area contributed by atoms with Crippen LogP contribution in [0.2, 0.25) is 0 Å². The highest BCUT2D eigenvalue weighted by Gasteiger charge is 2.18. The third-order valence-corrected chi connectivity index (χ3v) is 2.56. The second-order valence-corrected chi connectivity index (χ2v) is 4.00. The number of nitrogens with zero attached hydrogens (tertiary/aromatic N) is 1. The smallest absolute Gasteiger partial charge is 0.326 e. The Morgan fingerprint density at radius 1 is 1.47 bits per heavy atom. The summed E-state index contributed by atoms with van der Waals surface area (Å²) >= 11 is 0. The maximum absolute atomic E-state index is 11.5. The minimum atomic E-state index is -1.18. The molecule has 104 valence electrons. The van der Waals surface area contributed by atoms with Gasteiger partial charge < -0.3 is 20.8 Å². The lowest BCUT2D eigenvalue weighted by molar-refractivity contribution is -0.139. The van der Waals surface area contributed by atoms with Crippen LogP contribution in [0.4, 0.5) is 4.79 Å². The second kappa shape index (κ2) is 7.32. The van der Waals surface area contributed by atoms with Gasteiger partial charge in [-0.3, -0.25) is 4.98 Å². The highest BCUT2D eigenvalue weighted by molar-refractivity contribution is 5.82. The lowest BCUT2D eigenvalue weighted by atomic mass is 10.2. The van der Waals surface area contributed by atoms with Crippen molar-refractivity contribution in [3.8, 4) is 0 Å². The van der Waals surface area contributed by atoms with Crippen molar-refractivity contribution < 1.29 is 19.8 Å². The average Bonchev–Trinajstić information content (AvgIpc) is 2.37. The highest BCUT2D eigenvalue weighted by atomic mass is 16.4. The van der Waals surface area contributed by atoms with Gasteiger partial charge in [0.15, 0.2) is 0 Å². The van der Waals surface area contributed by atoms with Crippen LogP contribution >= 0.6 is 0 Å². The molecule has 7 heteroatoms. The number of pyridine rings is 1. The zero-order valence-electron chi connectivity index (χ0n) is 10.6. The minimum absolute atomic E-state index is 0.0363. The number of carbonyl (C=O) groups is 2. The molecule has 2 amide bonds. The van der Waals surface area contributed by atoms with Crippen molar-refractivity contribution in [3.05, 3.63) is 29.6 Å². The molecule has 0 aliphatic carbocycles. The molecule has 19 heavy (non-hydrogen) atoms. The molecule has 0 aliphatic rings. The number of aliphatic hydroxyl groups excluding tert-OH is 1. The lowest BCUT2D eigenvalue weighted by Crippen LogP contribution is -2.46. The zero-order valence-corrected chi connectivity index (χ0v) is 10.6. The van der Waals surface area contributed by atoms with Crippen molar-refractivity contribution in [2.75, 3.05) is 6.61 Å². The molecule has 1 aromatic heterocycles. The summed E-state index contributed by atoms with van der Waals surface area (Å²) < 4.78 is 0. The van der Waals surface area contributed by atoms with Crippen molar-refractivity contribution in [1.82, 2.24) is 15.6 Å². The molecule has 0 aliphatic heterocycles. The highest BCUT2D eigenvalue weighted by Crippen LogP contribution is 2.02. The lowest BCUT2D eigenvalue weighted by Gasteiger charge is -2.14. The number of urea groups is 1.